The Morgan fingerprint density at radius 2 is 1.23 bits per heavy atom. The maximum atomic E-state index is 16.5. The molecule has 0 amide bonds. The number of hydrogen-bond acceptors (Lipinski definition) is 7. The molecule has 0 bridgehead atoms. The van der Waals surface area contributed by atoms with Gasteiger partial charge in [-0.3, -0.25) is 0 Å². The van der Waals surface area contributed by atoms with E-state index in [4.69, 9.17) is 34.8 Å². The summed E-state index contributed by atoms with van der Waals surface area (Å²) in [6.07, 6.45) is -7.00. The zero-order chi connectivity index (χ0) is 40.9. The topological polar surface area (TPSA) is 116 Å². The van der Waals surface area contributed by atoms with E-state index in [-0.39, 0.29) is 57.0 Å². The zero-order valence-electron chi connectivity index (χ0n) is 29.6. The minimum atomic E-state index is -4.89. The number of rotatable bonds is 10. The van der Waals surface area contributed by atoms with Gasteiger partial charge >= 0.3 is 12.4 Å². The minimum Gasteiger partial charge on any atom is -0.220 e. The summed E-state index contributed by atoms with van der Waals surface area (Å²) in [5, 5.41) is 31.5. The molecule has 0 aliphatic carbocycles. The largest absolute Gasteiger partial charge is 0.436 e. The highest BCUT2D eigenvalue weighted by atomic mass is 35.5. The van der Waals surface area contributed by atoms with Crippen molar-refractivity contribution in [2.75, 3.05) is 0 Å². The predicted molar refractivity (Wildman–Crippen MR) is 192 cm³/mol. The fraction of sp³-hybridized carbons (Fsp3) is 0.306. The van der Waals surface area contributed by atoms with Gasteiger partial charge in [0.1, 0.15) is 11.9 Å². The van der Waals surface area contributed by atoms with Crippen molar-refractivity contribution in [2.24, 2.45) is 0 Å². The maximum Gasteiger partial charge on any atom is 0.436 e. The summed E-state index contributed by atoms with van der Waals surface area (Å²) < 4.78 is 102. The number of nitriles is 1. The molecule has 20 heteroatoms. The third kappa shape index (κ3) is 8.23. The van der Waals surface area contributed by atoms with Gasteiger partial charge in [-0.25, -0.2) is 18.4 Å². The second-order valence-corrected chi connectivity index (χ2v) is 14.7. The van der Waals surface area contributed by atoms with Gasteiger partial charge in [-0.1, -0.05) is 78.1 Å². The molecule has 0 saturated heterocycles. The summed E-state index contributed by atoms with van der Waals surface area (Å²) in [6, 6.07) is 11.2. The van der Waals surface area contributed by atoms with Gasteiger partial charge in [0.05, 0.1) is 40.7 Å². The van der Waals surface area contributed by atoms with Gasteiger partial charge in [-0.15, -0.1) is 15.3 Å². The van der Waals surface area contributed by atoms with Crippen molar-refractivity contribution in [1.29, 1.82) is 5.26 Å². The third-order valence-corrected chi connectivity index (χ3v) is 9.79. The SMILES string of the molecule is CC(C)c1cc(Cl)cc(CC(C)c2c(F)c(Cl)cc(CC(C)c3cc(Cl)ccc3-n3cc(C#N)nn3)c2-n2cc(C(F)(F)F)nn2)c1-n1cc(C(F)(F)F)nn1. The molecule has 0 radical (unpaired) electrons. The molecule has 0 aliphatic heterocycles. The Labute approximate surface area is 329 Å². The summed E-state index contributed by atoms with van der Waals surface area (Å²) >= 11 is 19.5. The summed E-state index contributed by atoms with van der Waals surface area (Å²) in [6.45, 7) is 6.97. The molecular formula is C36H28Cl3F7N10. The normalized spacial score (nSPS) is 13.3. The number of alkyl halides is 6. The van der Waals surface area contributed by atoms with E-state index in [1.807, 2.05) is 6.07 Å². The van der Waals surface area contributed by atoms with E-state index in [9.17, 15) is 31.6 Å². The van der Waals surface area contributed by atoms with Gasteiger partial charge in [0.15, 0.2) is 17.1 Å². The molecule has 0 spiro atoms. The standard InChI is InChI=1S/C36H28Cl3F7N10/c1-17(2)25-12-23(38)9-20(33(25)55-15-29(49-52-55)35(41,42)43)8-19(4)31-32(40)27(39)10-21(34(31)56-16-30(50-53-56)36(44,45)46)7-18(3)26-11-22(37)5-6-28(26)54-14-24(13-47)48-51-54/h5-6,9-12,14-19H,7-8H2,1-4H3. The van der Waals surface area contributed by atoms with Gasteiger partial charge in [-0.05, 0) is 89.2 Å². The summed E-state index contributed by atoms with van der Waals surface area (Å²) in [4.78, 5) is 0. The molecule has 2 unspecified atom stereocenters. The Balaban J connectivity index is 1.52. The molecule has 6 rings (SSSR count). The van der Waals surface area contributed by atoms with E-state index < -0.39 is 41.4 Å². The Morgan fingerprint density at radius 3 is 1.79 bits per heavy atom. The van der Waals surface area contributed by atoms with E-state index in [0.717, 1.165) is 15.6 Å². The van der Waals surface area contributed by atoms with E-state index in [2.05, 4.69) is 30.9 Å². The van der Waals surface area contributed by atoms with Crippen LogP contribution in [0.1, 0.15) is 90.3 Å². The molecule has 3 aromatic heterocycles. The van der Waals surface area contributed by atoms with Crippen LogP contribution in [0, 0.1) is 17.1 Å². The molecule has 0 saturated carbocycles. The van der Waals surface area contributed by atoms with Gasteiger partial charge in [0, 0.05) is 15.6 Å². The molecule has 10 nitrogen and oxygen atoms in total. The Morgan fingerprint density at radius 1 is 0.679 bits per heavy atom. The lowest BCUT2D eigenvalue weighted by molar-refractivity contribution is -0.142. The van der Waals surface area contributed by atoms with E-state index in [0.29, 0.717) is 33.6 Å². The van der Waals surface area contributed by atoms with Crippen LogP contribution in [0.4, 0.5) is 30.7 Å². The smallest absolute Gasteiger partial charge is 0.220 e. The molecule has 3 aromatic carbocycles. The average Bonchev–Trinajstić information content (AvgIpc) is 3.90. The quantitative estimate of drug-likeness (QED) is 0.126. The fourth-order valence-corrected chi connectivity index (χ4v) is 7.22. The Hall–Kier alpha value is -5.05. The van der Waals surface area contributed by atoms with Crippen LogP contribution in [0.3, 0.4) is 0 Å². The van der Waals surface area contributed by atoms with Crippen LogP contribution in [-0.2, 0) is 25.2 Å². The van der Waals surface area contributed by atoms with Crippen molar-refractivity contribution in [1.82, 2.24) is 45.0 Å². The predicted octanol–water partition coefficient (Wildman–Crippen LogP) is 10.3. The van der Waals surface area contributed by atoms with Gasteiger partial charge in [0.2, 0.25) is 0 Å². The Bertz CT molecular complexity index is 2460. The summed E-state index contributed by atoms with van der Waals surface area (Å²) in [5.74, 6) is -2.67. The first-order valence-corrected chi connectivity index (χ1v) is 17.8. The van der Waals surface area contributed by atoms with Gasteiger partial charge in [-0.2, -0.15) is 31.6 Å². The van der Waals surface area contributed by atoms with E-state index in [1.165, 1.54) is 23.0 Å². The number of aromatic nitrogens is 9. The van der Waals surface area contributed by atoms with Crippen molar-refractivity contribution >= 4 is 34.8 Å². The number of hydrogen-bond donors (Lipinski definition) is 0. The summed E-state index contributed by atoms with van der Waals surface area (Å²) in [5.41, 5.74) is -0.334. The lowest BCUT2D eigenvalue weighted by Crippen LogP contribution is -2.16. The van der Waals surface area contributed by atoms with E-state index >= 15 is 4.39 Å². The first kappa shape index (κ1) is 40.6. The second-order valence-electron chi connectivity index (χ2n) is 13.4. The third-order valence-electron chi connectivity index (χ3n) is 9.06. The highest BCUT2D eigenvalue weighted by Crippen LogP contribution is 2.41. The highest BCUT2D eigenvalue weighted by Gasteiger charge is 2.37. The molecule has 292 valence electrons. The van der Waals surface area contributed by atoms with Gasteiger partial charge in [0.25, 0.3) is 0 Å². The minimum absolute atomic E-state index is 0.0303. The van der Waals surface area contributed by atoms with Crippen LogP contribution in [0.25, 0.3) is 17.1 Å². The van der Waals surface area contributed by atoms with Crippen molar-refractivity contribution in [3.05, 3.63) is 121 Å². The highest BCUT2D eigenvalue weighted by molar-refractivity contribution is 6.31. The molecule has 56 heavy (non-hydrogen) atoms. The van der Waals surface area contributed by atoms with Crippen LogP contribution in [0.5, 0.6) is 0 Å². The van der Waals surface area contributed by atoms with Crippen molar-refractivity contribution in [2.45, 2.75) is 70.6 Å². The number of benzene rings is 3. The maximum absolute atomic E-state index is 16.5. The molecule has 2 atom stereocenters. The first-order valence-electron chi connectivity index (χ1n) is 16.7. The van der Waals surface area contributed by atoms with Crippen LogP contribution in [0.2, 0.25) is 15.1 Å². The van der Waals surface area contributed by atoms with Crippen LogP contribution in [0.15, 0.2) is 55.0 Å². The lowest BCUT2D eigenvalue weighted by Gasteiger charge is -2.25. The van der Waals surface area contributed by atoms with Crippen molar-refractivity contribution < 1.29 is 30.7 Å². The summed E-state index contributed by atoms with van der Waals surface area (Å²) in [7, 11) is 0. The van der Waals surface area contributed by atoms with Gasteiger partial charge < -0.3 is 0 Å². The first-order chi connectivity index (χ1) is 26.3. The van der Waals surface area contributed by atoms with Crippen LogP contribution < -0.4 is 0 Å². The zero-order valence-corrected chi connectivity index (χ0v) is 31.9. The lowest BCUT2D eigenvalue weighted by atomic mass is 9.85. The number of halogens is 10. The monoisotopic (exact) mass is 838 g/mol. The second kappa shape index (κ2) is 15.5. The molecule has 0 aliphatic rings. The van der Waals surface area contributed by atoms with E-state index in [1.54, 1.807) is 52.0 Å². The molecule has 0 N–H and O–H groups in total. The Kier molecular flexibility index (Phi) is 11.2. The van der Waals surface area contributed by atoms with Crippen molar-refractivity contribution in [3.8, 4) is 23.1 Å². The van der Waals surface area contributed by atoms with Crippen LogP contribution >= 0.6 is 34.8 Å². The molecule has 0 fully saturated rings. The van der Waals surface area contributed by atoms with Crippen molar-refractivity contribution in [3.63, 3.8) is 0 Å². The molecule has 6 aromatic rings. The fourth-order valence-electron chi connectivity index (χ4n) is 6.56. The molecular weight excluding hydrogens is 812 g/mol. The average molecular weight is 840 g/mol. The van der Waals surface area contributed by atoms with Crippen LogP contribution in [-0.4, -0.2) is 45.0 Å². The number of nitrogens with zero attached hydrogens (tertiary/aromatic N) is 10. The molecule has 3 heterocycles.